The van der Waals surface area contributed by atoms with Crippen LogP contribution in [-0.2, 0) is 9.47 Å². The van der Waals surface area contributed by atoms with Crippen LogP contribution < -0.4 is 5.73 Å². The van der Waals surface area contributed by atoms with E-state index in [1.54, 1.807) is 0 Å². The lowest BCUT2D eigenvalue weighted by Gasteiger charge is -2.09. The smallest absolute Gasteiger partial charge is 0.0703 e. The van der Waals surface area contributed by atoms with Gasteiger partial charge in [0.2, 0.25) is 0 Å². The maximum absolute atomic E-state index is 5.77. The molecule has 0 rings (SSSR count). The number of hydrogen-bond acceptors (Lipinski definition) is 3. The minimum atomic E-state index is 0.298. The van der Waals surface area contributed by atoms with E-state index in [2.05, 4.69) is 6.92 Å². The van der Waals surface area contributed by atoms with Gasteiger partial charge in [-0.3, -0.25) is 0 Å². The van der Waals surface area contributed by atoms with Crippen molar-refractivity contribution in [1.29, 1.82) is 0 Å². The Hall–Kier alpha value is -0.120. The molecular formula is C11H25NO2. The molecule has 3 nitrogen and oxygen atoms in total. The summed E-state index contributed by atoms with van der Waals surface area (Å²) < 4.78 is 10.7. The fourth-order valence-electron chi connectivity index (χ4n) is 1.10. The third-order valence-corrected chi connectivity index (χ3v) is 2.07. The Balaban J connectivity index is 2.99. The second kappa shape index (κ2) is 9.44. The Bertz CT molecular complexity index is 118. The van der Waals surface area contributed by atoms with Gasteiger partial charge in [-0.05, 0) is 33.1 Å². The van der Waals surface area contributed by atoms with Gasteiger partial charge in [0.15, 0.2) is 0 Å². The molecule has 0 heterocycles. The van der Waals surface area contributed by atoms with Crippen molar-refractivity contribution in [2.45, 2.75) is 52.2 Å². The first-order valence-electron chi connectivity index (χ1n) is 5.61. The number of ether oxygens (including phenoxy) is 2. The number of rotatable bonds is 9. The van der Waals surface area contributed by atoms with Crippen LogP contribution in [0.1, 0.15) is 40.0 Å². The van der Waals surface area contributed by atoms with E-state index in [0.717, 1.165) is 25.9 Å². The summed E-state index contributed by atoms with van der Waals surface area (Å²) in [6.45, 7) is 8.36. The van der Waals surface area contributed by atoms with E-state index in [1.165, 1.54) is 0 Å². The zero-order valence-electron chi connectivity index (χ0n) is 9.79. The van der Waals surface area contributed by atoms with E-state index in [0.29, 0.717) is 25.4 Å². The van der Waals surface area contributed by atoms with E-state index in [9.17, 15) is 0 Å². The molecule has 0 aromatic carbocycles. The monoisotopic (exact) mass is 203 g/mol. The average molecular weight is 203 g/mol. The van der Waals surface area contributed by atoms with Gasteiger partial charge in [0.25, 0.3) is 0 Å². The number of hydrogen-bond donors (Lipinski definition) is 1. The van der Waals surface area contributed by atoms with E-state index in [1.807, 2.05) is 13.8 Å². The summed E-state index contributed by atoms with van der Waals surface area (Å²) in [6.07, 6.45) is 3.46. The van der Waals surface area contributed by atoms with Crippen LogP contribution in [0.25, 0.3) is 0 Å². The zero-order chi connectivity index (χ0) is 10.8. The number of nitrogens with two attached hydrogens (primary N) is 1. The molecular weight excluding hydrogens is 178 g/mol. The molecule has 0 fully saturated rings. The summed E-state index contributed by atoms with van der Waals surface area (Å²) in [7, 11) is 0. The molecule has 0 saturated carbocycles. The van der Waals surface area contributed by atoms with Crippen LogP contribution in [0.15, 0.2) is 0 Å². The van der Waals surface area contributed by atoms with Crippen LogP contribution in [0.4, 0.5) is 0 Å². The first kappa shape index (κ1) is 13.9. The van der Waals surface area contributed by atoms with Gasteiger partial charge >= 0.3 is 0 Å². The summed E-state index contributed by atoms with van der Waals surface area (Å²) in [5.41, 5.74) is 5.77. The Kier molecular flexibility index (Phi) is 9.35. The predicted octanol–water partition coefficient (Wildman–Crippen LogP) is 1.95. The summed E-state index contributed by atoms with van der Waals surface area (Å²) in [5.74, 6) is 0. The van der Waals surface area contributed by atoms with Crippen LogP contribution in [-0.4, -0.2) is 32.0 Å². The van der Waals surface area contributed by atoms with Gasteiger partial charge < -0.3 is 15.2 Å². The third-order valence-electron chi connectivity index (χ3n) is 2.07. The Morgan fingerprint density at radius 1 is 1.14 bits per heavy atom. The lowest BCUT2D eigenvalue weighted by Crippen LogP contribution is -2.19. The lowest BCUT2D eigenvalue weighted by atomic mass is 10.1. The van der Waals surface area contributed by atoms with Crippen LogP contribution >= 0.6 is 0 Å². The summed E-state index contributed by atoms with van der Waals surface area (Å²) in [4.78, 5) is 0. The van der Waals surface area contributed by atoms with Crippen molar-refractivity contribution in [1.82, 2.24) is 0 Å². The Morgan fingerprint density at radius 3 is 2.43 bits per heavy atom. The minimum Gasteiger partial charge on any atom is -0.379 e. The van der Waals surface area contributed by atoms with Crippen molar-refractivity contribution >= 4 is 0 Å². The summed E-state index contributed by atoms with van der Waals surface area (Å²) in [5, 5.41) is 0. The van der Waals surface area contributed by atoms with E-state index < -0.39 is 0 Å². The Labute approximate surface area is 88.0 Å². The highest BCUT2D eigenvalue weighted by atomic mass is 16.5. The van der Waals surface area contributed by atoms with Crippen LogP contribution in [0, 0.1) is 0 Å². The fourth-order valence-corrected chi connectivity index (χ4v) is 1.10. The van der Waals surface area contributed by atoms with Gasteiger partial charge in [0, 0.05) is 12.6 Å². The molecule has 0 amide bonds. The van der Waals surface area contributed by atoms with Gasteiger partial charge in [-0.25, -0.2) is 0 Å². The molecule has 0 saturated heterocycles. The van der Waals surface area contributed by atoms with Crippen molar-refractivity contribution in [3.8, 4) is 0 Å². The second-order valence-electron chi connectivity index (χ2n) is 3.84. The molecule has 0 radical (unpaired) electrons. The third kappa shape index (κ3) is 9.96. The second-order valence-corrected chi connectivity index (χ2v) is 3.84. The summed E-state index contributed by atoms with van der Waals surface area (Å²) >= 11 is 0. The summed E-state index contributed by atoms with van der Waals surface area (Å²) in [6, 6.07) is 0.338. The highest BCUT2D eigenvalue weighted by Gasteiger charge is 1.98. The first-order chi connectivity index (χ1) is 6.66. The molecule has 0 aromatic heterocycles. The standard InChI is InChI=1S/C11H25NO2/c1-4-11(12)6-5-7-13-8-9-14-10(2)3/h10-11H,4-9,12H2,1-3H3. The molecule has 86 valence electrons. The molecule has 2 N–H and O–H groups in total. The molecule has 0 aliphatic heterocycles. The van der Waals surface area contributed by atoms with Crippen molar-refractivity contribution in [2.24, 2.45) is 5.73 Å². The molecule has 0 aromatic rings. The SMILES string of the molecule is CCC(N)CCCOCCOC(C)C. The van der Waals surface area contributed by atoms with Gasteiger partial charge in [0.1, 0.15) is 0 Å². The molecule has 0 aliphatic carbocycles. The molecule has 1 unspecified atom stereocenters. The van der Waals surface area contributed by atoms with Crippen molar-refractivity contribution < 1.29 is 9.47 Å². The highest BCUT2D eigenvalue weighted by Crippen LogP contribution is 1.98. The minimum absolute atomic E-state index is 0.298. The molecule has 1 atom stereocenters. The predicted molar refractivity (Wildman–Crippen MR) is 59.4 cm³/mol. The van der Waals surface area contributed by atoms with E-state index in [-0.39, 0.29) is 0 Å². The van der Waals surface area contributed by atoms with Gasteiger partial charge in [0.05, 0.1) is 19.3 Å². The molecule has 14 heavy (non-hydrogen) atoms. The van der Waals surface area contributed by atoms with E-state index in [4.69, 9.17) is 15.2 Å². The Morgan fingerprint density at radius 2 is 1.86 bits per heavy atom. The van der Waals surface area contributed by atoms with Crippen LogP contribution in [0.2, 0.25) is 0 Å². The molecule has 0 bridgehead atoms. The zero-order valence-corrected chi connectivity index (χ0v) is 9.79. The van der Waals surface area contributed by atoms with Crippen molar-refractivity contribution in [3.05, 3.63) is 0 Å². The normalized spacial score (nSPS) is 13.5. The topological polar surface area (TPSA) is 44.5 Å². The maximum atomic E-state index is 5.77. The quantitative estimate of drug-likeness (QED) is 0.582. The largest absolute Gasteiger partial charge is 0.379 e. The van der Waals surface area contributed by atoms with Gasteiger partial charge in [-0.15, -0.1) is 0 Å². The highest BCUT2D eigenvalue weighted by molar-refractivity contribution is 4.57. The maximum Gasteiger partial charge on any atom is 0.0703 e. The molecule has 0 aliphatic rings. The molecule has 3 heteroatoms. The fraction of sp³-hybridized carbons (Fsp3) is 1.00. The van der Waals surface area contributed by atoms with Gasteiger partial charge in [-0.2, -0.15) is 0 Å². The van der Waals surface area contributed by atoms with Crippen molar-refractivity contribution in [2.75, 3.05) is 19.8 Å². The molecule has 0 spiro atoms. The van der Waals surface area contributed by atoms with Crippen LogP contribution in [0.3, 0.4) is 0 Å². The average Bonchev–Trinajstić information content (AvgIpc) is 2.15. The van der Waals surface area contributed by atoms with E-state index >= 15 is 0 Å². The van der Waals surface area contributed by atoms with Crippen molar-refractivity contribution in [3.63, 3.8) is 0 Å². The van der Waals surface area contributed by atoms with Gasteiger partial charge in [-0.1, -0.05) is 6.92 Å². The van der Waals surface area contributed by atoms with Crippen LogP contribution in [0.5, 0.6) is 0 Å². The first-order valence-corrected chi connectivity index (χ1v) is 5.61. The lowest BCUT2D eigenvalue weighted by molar-refractivity contribution is 0.0185.